The van der Waals surface area contributed by atoms with E-state index in [0.29, 0.717) is 30.7 Å². The summed E-state index contributed by atoms with van der Waals surface area (Å²) in [6.45, 7) is 6.41. The lowest BCUT2D eigenvalue weighted by Crippen LogP contribution is -2.43. The van der Waals surface area contributed by atoms with E-state index in [1.165, 1.54) is 23.1 Å². The molecule has 1 amide bonds. The van der Waals surface area contributed by atoms with Crippen molar-refractivity contribution in [3.05, 3.63) is 74.4 Å². The van der Waals surface area contributed by atoms with Crippen molar-refractivity contribution in [2.75, 3.05) is 11.5 Å². The number of hydrogen-bond acceptors (Lipinski definition) is 5. The molecule has 2 aromatic carbocycles. The van der Waals surface area contributed by atoms with Crippen molar-refractivity contribution < 1.29 is 19.2 Å². The number of halogens is 1. The molecule has 7 nitrogen and oxygen atoms in total. The van der Waals surface area contributed by atoms with Gasteiger partial charge in [0.1, 0.15) is 5.75 Å². The monoisotopic (exact) mass is 468 g/mol. The Morgan fingerprint density at radius 2 is 1.85 bits per heavy atom. The summed E-state index contributed by atoms with van der Waals surface area (Å²) in [6, 6.07) is 11.5. The molecule has 0 fully saturated rings. The molecule has 1 unspecified atom stereocenters. The highest BCUT2D eigenvalue weighted by molar-refractivity contribution is 6.34. The molecule has 1 heterocycles. The maximum atomic E-state index is 13.5. The van der Waals surface area contributed by atoms with Crippen LogP contribution >= 0.6 is 11.6 Å². The zero-order valence-electron chi connectivity index (χ0n) is 18.8. The minimum Gasteiger partial charge on any atom is -0.494 e. The highest BCUT2D eigenvalue weighted by Crippen LogP contribution is 2.49. The van der Waals surface area contributed by atoms with Gasteiger partial charge in [-0.1, -0.05) is 37.6 Å². The highest BCUT2D eigenvalue weighted by Gasteiger charge is 2.45. The normalized spacial score (nSPS) is 20.0. The number of Topliss-reactive ketones (excluding diaryl/α,β-unsaturated/α-hetero) is 1. The topological polar surface area (TPSA) is 89.8 Å². The fourth-order valence-electron chi connectivity index (χ4n) is 4.73. The molecule has 0 spiro atoms. The second kappa shape index (κ2) is 8.63. The second-order valence-corrected chi connectivity index (χ2v) is 9.59. The molecule has 1 aliphatic carbocycles. The Kier molecular flexibility index (Phi) is 6.01. The van der Waals surface area contributed by atoms with E-state index in [1.54, 1.807) is 0 Å². The number of benzene rings is 2. The molecule has 0 saturated carbocycles. The SMILES string of the molecule is CCOc1ccc(C2CC(=O)N(c3cc([N+](=O)[O-])ccc3Cl)C3=C2C(=O)CC(C)(C)C3)cc1. The number of rotatable bonds is 5. The third-order valence-electron chi connectivity index (χ3n) is 6.12. The Labute approximate surface area is 197 Å². The van der Waals surface area contributed by atoms with Crippen LogP contribution in [0.3, 0.4) is 0 Å². The van der Waals surface area contributed by atoms with E-state index in [-0.39, 0.29) is 45.8 Å². The molecule has 1 aliphatic heterocycles. The molecule has 33 heavy (non-hydrogen) atoms. The highest BCUT2D eigenvalue weighted by atomic mass is 35.5. The lowest BCUT2D eigenvalue weighted by Gasteiger charge is -2.43. The van der Waals surface area contributed by atoms with Crippen LogP contribution in [0.25, 0.3) is 0 Å². The van der Waals surface area contributed by atoms with Gasteiger partial charge in [-0.05, 0) is 42.5 Å². The number of amides is 1. The lowest BCUT2D eigenvalue weighted by atomic mass is 9.69. The van der Waals surface area contributed by atoms with Crippen LogP contribution in [0.5, 0.6) is 5.75 Å². The van der Waals surface area contributed by atoms with Crippen LogP contribution in [-0.2, 0) is 9.59 Å². The molecule has 1 atom stereocenters. The fourth-order valence-corrected chi connectivity index (χ4v) is 4.93. The molecule has 0 aromatic heterocycles. The number of hydrogen-bond donors (Lipinski definition) is 0. The van der Waals surface area contributed by atoms with E-state index in [0.717, 1.165) is 11.3 Å². The predicted octanol–water partition coefficient (Wildman–Crippen LogP) is 5.81. The fraction of sp³-hybridized carbons (Fsp3) is 0.360. The zero-order valence-corrected chi connectivity index (χ0v) is 19.5. The summed E-state index contributed by atoms with van der Waals surface area (Å²) >= 11 is 6.40. The maximum absolute atomic E-state index is 13.5. The number of allylic oxidation sites excluding steroid dienone is 2. The minimum absolute atomic E-state index is 0.0146. The molecule has 0 N–H and O–H groups in total. The van der Waals surface area contributed by atoms with E-state index in [2.05, 4.69) is 0 Å². The van der Waals surface area contributed by atoms with Crippen molar-refractivity contribution in [1.29, 1.82) is 0 Å². The van der Waals surface area contributed by atoms with Crippen molar-refractivity contribution in [3.63, 3.8) is 0 Å². The summed E-state index contributed by atoms with van der Waals surface area (Å²) in [5.74, 6) is 0.0684. The average molecular weight is 469 g/mol. The Morgan fingerprint density at radius 3 is 2.48 bits per heavy atom. The van der Waals surface area contributed by atoms with Crippen LogP contribution in [0, 0.1) is 15.5 Å². The second-order valence-electron chi connectivity index (χ2n) is 9.18. The first-order valence-corrected chi connectivity index (χ1v) is 11.2. The van der Waals surface area contributed by atoms with Gasteiger partial charge in [0.05, 0.1) is 22.2 Å². The lowest BCUT2D eigenvalue weighted by molar-refractivity contribution is -0.384. The number of nitrogens with zero attached hydrogens (tertiary/aromatic N) is 2. The van der Waals surface area contributed by atoms with Gasteiger partial charge in [-0.3, -0.25) is 24.6 Å². The summed E-state index contributed by atoms with van der Waals surface area (Å²) in [5.41, 5.74) is 1.73. The molecule has 8 heteroatoms. The number of carbonyl (C=O) groups is 2. The number of anilines is 1. The van der Waals surface area contributed by atoms with Gasteiger partial charge >= 0.3 is 0 Å². The van der Waals surface area contributed by atoms with Crippen LogP contribution in [0.2, 0.25) is 5.02 Å². The molecule has 0 bridgehead atoms. The van der Waals surface area contributed by atoms with E-state index >= 15 is 0 Å². The van der Waals surface area contributed by atoms with E-state index in [9.17, 15) is 19.7 Å². The van der Waals surface area contributed by atoms with Crippen molar-refractivity contribution in [2.45, 2.75) is 46.0 Å². The molecule has 0 radical (unpaired) electrons. The number of nitro groups is 1. The third-order valence-corrected chi connectivity index (χ3v) is 6.44. The molecular weight excluding hydrogens is 444 g/mol. The van der Waals surface area contributed by atoms with Crippen LogP contribution in [0.1, 0.15) is 51.5 Å². The van der Waals surface area contributed by atoms with Gasteiger partial charge < -0.3 is 4.74 Å². The first kappa shape index (κ1) is 23.0. The average Bonchev–Trinajstić information content (AvgIpc) is 2.73. The first-order valence-electron chi connectivity index (χ1n) is 10.9. The van der Waals surface area contributed by atoms with Gasteiger partial charge in [-0.15, -0.1) is 0 Å². The quantitative estimate of drug-likeness (QED) is 0.408. The van der Waals surface area contributed by atoms with Crippen molar-refractivity contribution in [3.8, 4) is 5.75 Å². The Morgan fingerprint density at radius 1 is 1.15 bits per heavy atom. The van der Waals surface area contributed by atoms with E-state index in [4.69, 9.17) is 16.3 Å². The summed E-state index contributed by atoms with van der Waals surface area (Å²) in [4.78, 5) is 39.1. The summed E-state index contributed by atoms with van der Waals surface area (Å²) in [7, 11) is 0. The minimum atomic E-state index is -0.526. The van der Waals surface area contributed by atoms with Crippen LogP contribution in [0.15, 0.2) is 53.7 Å². The summed E-state index contributed by atoms with van der Waals surface area (Å²) in [5, 5.41) is 11.6. The van der Waals surface area contributed by atoms with Gasteiger partial charge in [-0.2, -0.15) is 0 Å². The molecule has 4 rings (SSSR count). The third kappa shape index (κ3) is 4.37. The maximum Gasteiger partial charge on any atom is 0.271 e. The number of nitro benzene ring substituents is 1. The number of ether oxygens (including phenoxy) is 1. The smallest absolute Gasteiger partial charge is 0.271 e. The Hall–Kier alpha value is -3.19. The van der Waals surface area contributed by atoms with Crippen molar-refractivity contribution in [2.24, 2.45) is 5.41 Å². The largest absolute Gasteiger partial charge is 0.494 e. The van der Waals surface area contributed by atoms with E-state index in [1.807, 2.05) is 45.0 Å². The van der Waals surface area contributed by atoms with Crippen molar-refractivity contribution >= 4 is 34.7 Å². The summed E-state index contributed by atoms with van der Waals surface area (Å²) in [6.07, 6.45) is 0.911. The van der Waals surface area contributed by atoms with E-state index < -0.39 is 4.92 Å². The van der Waals surface area contributed by atoms with Crippen LogP contribution in [-0.4, -0.2) is 23.2 Å². The number of non-ortho nitro benzene ring substituents is 1. The van der Waals surface area contributed by atoms with Gasteiger partial charge in [0.15, 0.2) is 5.78 Å². The molecule has 2 aliphatic rings. The van der Waals surface area contributed by atoms with Crippen LogP contribution < -0.4 is 9.64 Å². The van der Waals surface area contributed by atoms with Crippen molar-refractivity contribution in [1.82, 2.24) is 0 Å². The Bertz CT molecular complexity index is 1170. The molecule has 172 valence electrons. The van der Waals surface area contributed by atoms with Gasteiger partial charge in [0, 0.05) is 42.2 Å². The number of carbonyl (C=O) groups excluding carboxylic acids is 2. The number of ketones is 1. The predicted molar refractivity (Wildman–Crippen MR) is 126 cm³/mol. The van der Waals surface area contributed by atoms with Gasteiger partial charge in [0.25, 0.3) is 5.69 Å². The standard InChI is InChI=1S/C25H25ClN2O5/c1-4-33-17-8-5-15(6-9-17)18-12-23(30)27(20-11-16(28(31)32)7-10-19(20)26)21-13-25(2,3)14-22(29)24(18)21/h5-11,18H,4,12-14H2,1-3H3. The molecular formula is C25H25ClN2O5. The first-order chi connectivity index (χ1) is 15.6. The zero-order chi connectivity index (χ0) is 23.9. The Balaban J connectivity index is 1.87. The van der Waals surface area contributed by atoms with Gasteiger partial charge in [0.2, 0.25) is 5.91 Å². The summed E-state index contributed by atoms with van der Waals surface area (Å²) < 4.78 is 5.52. The molecule has 2 aromatic rings. The molecule has 0 saturated heterocycles. The van der Waals surface area contributed by atoms with Crippen LogP contribution in [0.4, 0.5) is 11.4 Å². The van der Waals surface area contributed by atoms with Gasteiger partial charge in [-0.25, -0.2) is 0 Å².